The largest absolute Gasteiger partial charge is 0.396 e. The lowest BCUT2D eigenvalue weighted by Gasteiger charge is -2.20. The summed E-state index contributed by atoms with van der Waals surface area (Å²) in [6.45, 7) is 10.4. The Labute approximate surface area is 117 Å². The molecular weight excluding hydrogens is 234 g/mol. The molecule has 1 atom stereocenters. The highest BCUT2D eigenvalue weighted by Gasteiger charge is 2.22. The van der Waals surface area contributed by atoms with E-state index in [1.807, 2.05) is 0 Å². The molecule has 1 N–H and O–H groups in total. The van der Waals surface area contributed by atoms with Crippen molar-refractivity contribution in [2.75, 3.05) is 19.7 Å². The molecular formula is C17H27NO. The number of hydrogen-bond donors (Lipinski definition) is 1. The third kappa shape index (κ3) is 4.05. The Morgan fingerprint density at radius 3 is 2.47 bits per heavy atom. The highest BCUT2D eigenvalue weighted by Crippen LogP contribution is 2.24. The molecule has 0 aliphatic carbocycles. The normalized spacial score (nSPS) is 20.9. The molecule has 1 aliphatic rings. The first kappa shape index (κ1) is 14.5. The summed E-state index contributed by atoms with van der Waals surface area (Å²) in [5, 5.41) is 8.99. The molecule has 1 heterocycles. The van der Waals surface area contributed by atoms with Gasteiger partial charge in [0.05, 0.1) is 0 Å². The van der Waals surface area contributed by atoms with Gasteiger partial charge in [0.25, 0.3) is 0 Å². The van der Waals surface area contributed by atoms with Gasteiger partial charge in [-0.05, 0) is 41.8 Å². The van der Waals surface area contributed by atoms with Gasteiger partial charge in [-0.15, -0.1) is 0 Å². The minimum absolute atomic E-state index is 0.235. The van der Waals surface area contributed by atoms with Crippen molar-refractivity contribution in [1.82, 2.24) is 4.90 Å². The second-order valence-electron chi connectivity index (χ2n) is 6.85. The lowest BCUT2D eigenvalue weighted by Crippen LogP contribution is -2.20. The van der Waals surface area contributed by atoms with Crippen LogP contribution >= 0.6 is 0 Å². The van der Waals surface area contributed by atoms with Crippen LogP contribution in [0.5, 0.6) is 0 Å². The molecule has 1 saturated heterocycles. The fourth-order valence-corrected chi connectivity index (χ4v) is 2.84. The molecule has 2 nitrogen and oxygen atoms in total. The molecule has 1 aromatic carbocycles. The van der Waals surface area contributed by atoms with Gasteiger partial charge in [-0.25, -0.2) is 0 Å². The van der Waals surface area contributed by atoms with Crippen LogP contribution in [0.1, 0.15) is 44.7 Å². The van der Waals surface area contributed by atoms with Gasteiger partial charge >= 0.3 is 0 Å². The van der Waals surface area contributed by atoms with Crippen molar-refractivity contribution in [2.24, 2.45) is 5.92 Å². The Hall–Kier alpha value is -0.860. The smallest absolute Gasteiger partial charge is 0.0434 e. The Morgan fingerprint density at radius 1 is 1.21 bits per heavy atom. The van der Waals surface area contributed by atoms with Gasteiger partial charge in [0.1, 0.15) is 0 Å². The van der Waals surface area contributed by atoms with Gasteiger partial charge in [-0.1, -0.05) is 45.0 Å². The maximum Gasteiger partial charge on any atom is 0.0434 e. The highest BCUT2D eigenvalue weighted by atomic mass is 16.3. The van der Waals surface area contributed by atoms with Crippen LogP contribution in [0, 0.1) is 5.92 Å². The zero-order chi connectivity index (χ0) is 13.9. The molecule has 0 aromatic heterocycles. The first-order valence-electron chi connectivity index (χ1n) is 7.41. The first-order valence-corrected chi connectivity index (χ1v) is 7.41. The molecule has 0 spiro atoms. The maximum absolute atomic E-state index is 8.99. The summed E-state index contributed by atoms with van der Waals surface area (Å²) in [6.07, 6.45) is 2.19. The van der Waals surface area contributed by atoms with Crippen LogP contribution in [0.4, 0.5) is 0 Å². The summed E-state index contributed by atoms with van der Waals surface area (Å²) in [5.41, 5.74) is 3.03. The van der Waals surface area contributed by atoms with E-state index >= 15 is 0 Å². The zero-order valence-corrected chi connectivity index (χ0v) is 12.5. The summed E-state index contributed by atoms with van der Waals surface area (Å²) in [6, 6.07) is 9.05. The van der Waals surface area contributed by atoms with Crippen molar-refractivity contribution in [2.45, 2.75) is 45.6 Å². The summed E-state index contributed by atoms with van der Waals surface area (Å²) < 4.78 is 0. The Balaban J connectivity index is 1.90. The van der Waals surface area contributed by atoms with Gasteiger partial charge in [0, 0.05) is 19.7 Å². The minimum atomic E-state index is 0.235. The molecule has 0 saturated carbocycles. The third-order valence-electron chi connectivity index (χ3n) is 4.13. The van der Waals surface area contributed by atoms with Gasteiger partial charge in [0.15, 0.2) is 0 Å². The molecule has 0 radical (unpaired) electrons. The predicted molar refractivity (Wildman–Crippen MR) is 80.2 cm³/mol. The van der Waals surface area contributed by atoms with E-state index < -0.39 is 0 Å². The second kappa shape index (κ2) is 6.06. The topological polar surface area (TPSA) is 23.5 Å². The van der Waals surface area contributed by atoms with Crippen LogP contribution in [-0.2, 0) is 12.0 Å². The van der Waals surface area contributed by atoms with Crippen molar-refractivity contribution in [3.05, 3.63) is 35.4 Å². The summed E-state index contributed by atoms with van der Waals surface area (Å²) in [4.78, 5) is 2.51. The van der Waals surface area contributed by atoms with Crippen molar-refractivity contribution >= 4 is 0 Å². The summed E-state index contributed by atoms with van der Waals surface area (Å²) in [7, 11) is 0. The van der Waals surface area contributed by atoms with E-state index in [-0.39, 0.29) is 5.41 Å². The molecule has 2 heteroatoms. The molecule has 1 aliphatic heterocycles. The van der Waals surface area contributed by atoms with Crippen LogP contribution in [0.25, 0.3) is 0 Å². The number of nitrogens with zero attached hydrogens (tertiary/aromatic N) is 1. The van der Waals surface area contributed by atoms with E-state index in [0.29, 0.717) is 12.5 Å². The molecule has 2 rings (SSSR count). The van der Waals surface area contributed by atoms with Crippen molar-refractivity contribution in [3.8, 4) is 0 Å². The number of likely N-dealkylation sites (tertiary alicyclic amines) is 1. The van der Waals surface area contributed by atoms with Gasteiger partial charge < -0.3 is 5.11 Å². The van der Waals surface area contributed by atoms with Gasteiger partial charge in [-0.3, -0.25) is 4.90 Å². The van der Waals surface area contributed by atoms with Crippen molar-refractivity contribution < 1.29 is 5.11 Å². The van der Waals surface area contributed by atoms with Crippen LogP contribution in [-0.4, -0.2) is 29.7 Å². The minimum Gasteiger partial charge on any atom is -0.396 e. The van der Waals surface area contributed by atoms with E-state index in [9.17, 15) is 0 Å². The van der Waals surface area contributed by atoms with Crippen LogP contribution in [0.3, 0.4) is 0 Å². The quantitative estimate of drug-likeness (QED) is 0.900. The summed E-state index contributed by atoms with van der Waals surface area (Å²) >= 11 is 0. The highest BCUT2D eigenvalue weighted by molar-refractivity contribution is 5.27. The zero-order valence-electron chi connectivity index (χ0n) is 12.5. The van der Waals surface area contributed by atoms with E-state index in [1.165, 1.54) is 24.1 Å². The molecule has 0 bridgehead atoms. The Morgan fingerprint density at radius 2 is 1.89 bits per heavy atom. The number of aliphatic hydroxyl groups is 1. The van der Waals surface area contributed by atoms with E-state index in [2.05, 4.69) is 49.9 Å². The SMILES string of the molecule is CC(C)(C)c1ccc(CN2CCC(CCO)C2)cc1. The standard InChI is InChI=1S/C17H27NO/c1-17(2,3)16-6-4-14(5-7-16)12-18-10-8-15(13-18)9-11-19/h4-7,15,19H,8-13H2,1-3H3. The monoisotopic (exact) mass is 261 g/mol. The van der Waals surface area contributed by atoms with Crippen LogP contribution in [0.15, 0.2) is 24.3 Å². The Kier molecular flexibility index (Phi) is 4.64. The van der Waals surface area contributed by atoms with Crippen LogP contribution in [0.2, 0.25) is 0 Å². The molecule has 1 unspecified atom stereocenters. The average molecular weight is 261 g/mol. The first-order chi connectivity index (χ1) is 8.99. The molecule has 19 heavy (non-hydrogen) atoms. The molecule has 106 valence electrons. The second-order valence-corrected chi connectivity index (χ2v) is 6.85. The number of benzene rings is 1. The van der Waals surface area contributed by atoms with E-state index in [4.69, 9.17) is 5.11 Å². The fourth-order valence-electron chi connectivity index (χ4n) is 2.84. The van der Waals surface area contributed by atoms with Crippen LogP contribution < -0.4 is 0 Å². The van der Waals surface area contributed by atoms with Gasteiger partial charge in [-0.2, -0.15) is 0 Å². The maximum atomic E-state index is 8.99. The third-order valence-corrected chi connectivity index (χ3v) is 4.13. The lowest BCUT2D eigenvalue weighted by molar-refractivity contribution is 0.249. The fraction of sp³-hybridized carbons (Fsp3) is 0.647. The summed E-state index contributed by atoms with van der Waals surface area (Å²) in [5.74, 6) is 0.693. The van der Waals surface area contributed by atoms with Crippen molar-refractivity contribution in [3.63, 3.8) is 0 Å². The molecule has 0 amide bonds. The van der Waals surface area contributed by atoms with Gasteiger partial charge in [0.2, 0.25) is 0 Å². The number of rotatable bonds is 4. The number of hydrogen-bond acceptors (Lipinski definition) is 2. The number of aliphatic hydroxyl groups excluding tert-OH is 1. The van der Waals surface area contributed by atoms with E-state index in [0.717, 1.165) is 19.5 Å². The molecule has 1 aromatic rings. The lowest BCUT2D eigenvalue weighted by atomic mass is 9.87. The molecule has 1 fully saturated rings. The van der Waals surface area contributed by atoms with E-state index in [1.54, 1.807) is 0 Å². The Bertz CT molecular complexity index is 391. The predicted octanol–water partition coefficient (Wildman–Crippen LogP) is 3.19. The average Bonchev–Trinajstić information content (AvgIpc) is 2.77. The van der Waals surface area contributed by atoms with Crippen molar-refractivity contribution in [1.29, 1.82) is 0 Å².